The molecule has 0 aromatic rings. The molecule has 0 aliphatic carbocycles. The Morgan fingerprint density at radius 2 is 2.05 bits per heavy atom. The van der Waals surface area contributed by atoms with E-state index in [0.29, 0.717) is 19.0 Å². The molecule has 20 heavy (non-hydrogen) atoms. The second-order valence-electron chi connectivity index (χ2n) is 6.25. The fraction of sp³-hybridized carbons (Fsp3) is 0.562. The van der Waals surface area contributed by atoms with E-state index in [2.05, 4.69) is 25.4 Å². The van der Waals surface area contributed by atoms with Crippen molar-refractivity contribution < 1.29 is 9.53 Å². The molecule has 4 heteroatoms. The van der Waals surface area contributed by atoms with Crippen molar-refractivity contribution in [3.63, 3.8) is 0 Å². The molecular formula is C16H26N2O2. The highest BCUT2D eigenvalue weighted by Gasteiger charge is 2.34. The Balaban J connectivity index is 2.50. The maximum Gasteiger partial charge on any atom is 0.410 e. The minimum atomic E-state index is -0.451. The van der Waals surface area contributed by atoms with Crippen molar-refractivity contribution in [1.82, 2.24) is 10.2 Å². The van der Waals surface area contributed by atoms with Gasteiger partial charge >= 0.3 is 6.09 Å². The van der Waals surface area contributed by atoms with Gasteiger partial charge in [-0.05, 0) is 44.5 Å². The van der Waals surface area contributed by atoms with Crippen LogP contribution in [0.4, 0.5) is 4.79 Å². The standard InChI is InChI=1S/C16H26N2O2/c1-7-12(2)8-9-17-14-11-18(10-13(14)3)15(19)20-16(4,5)6/h7-9,13-14,17H,1-2,10-11H2,3-6H3/b9-8-/t13-,14+/m1/s1. The van der Waals surface area contributed by atoms with E-state index in [4.69, 9.17) is 4.74 Å². The molecule has 4 nitrogen and oxygen atoms in total. The van der Waals surface area contributed by atoms with Crippen molar-refractivity contribution in [3.05, 3.63) is 37.1 Å². The molecule has 1 rings (SSSR count). The van der Waals surface area contributed by atoms with E-state index in [1.165, 1.54) is 0 Å². The maximum absolute atomic E-state index is 12.0. The summed E-state index contributed by atoms with van der Waals surface area (Å²) in [6.45, 7) is 16.6. The lowest BCUT2D eigenvalue weighted by Crippen LogP contribution is -2.37. The van der Waals surface area contributed by atoms with E-state index < -0.39 is 5.60 Å². The molecule has 0 unspecified atom stereocenters. The molecule has 112 valence electrons. The van der Waals surface area contributed by atoms with Crippen molar-refractivity contribution in [2.45, 2.75) is 39.3 Å². The third kappa shape index (κ3) is 5.11. The summed E-state index contributed by atoms with van der Waals surface area (Å²) in [5.74, 6) is 0.379. The monoisotopic (exact) mass is 278 g/mol. The molecule has 1 aliphatic heterocycles. The lowest BCUT2D eigenvalue weighted by molar-refractivity contribution is 0.0287. The fourth-order valence-electron chi connectivity index (χ4n) is 2.01. The number of carbonyl (C=O) groups excluding carboxylic acids is 1. The first-order valence-electron chi connectivity index (χ1n) is 6.95. The minimum absolute atomic E-state index is 0.233. The summed E-state index contributed by atoms with van der Waals surface area (Å²) in [5.41, 5.74) is 0.403. The number of ether oxygens (including phenoxy) is 1. The topological polar surface area (TPSA) is 41.6 Å². The van der Waals surface area contributed by atoms with Crippen LogP contribution in [0.25, 0.3) is 0 Å². The highest BCUT2D eigenvalue weighted by Crippen LogP contribution is 2.19. The molecular weight excluding hydrogens is 252 g/mol. The average Bonchev–Trinajstić information content (AvgIpc) is 2.69. The van der Waals surface area contributed by atoms with E-state index in [-0.39, 0.29) is 12.1 Å². The van der Waals surface area contributed by atoms with Crippen molar-refractivity contribution in [2.75, 3.05) is 13.1 Å². The van der Waals surface area contributed by atoms with Crippen LogP contribution >= 0.6 is 0 Å². The molecule has 0 aromatic carbocycles. The lowest BCUT2D eigenvalue weighted by Gasteiger charge is -2.24. The third-order valence-electron chi connectivity index (χ3n) is 3.13. The molecule has 1 fully saturated rings. The van der Waals surface area contributed by atoms with E-state index in [9.17, 15) is 4.79 Å². The van der Waals surface area contributed by atoms with Gasteiger partial charge in [-0.15, -0.1) is 0 Å². The highest BCUT2D eigenvalue weighted by atomic mass is 16.6. The smallest absolute Gasteiger partial charge is 0.410 e. The normalized spacial score (nSPS) is 22.9. The van der Waals surface area contributed by atoms with Gasteiger partial charge in [0.2, 0.25) is 0 Å². The Hall–Kier alpha value is -1.71. The Bertz CT molecular complexity index is 407. The van der Waals surface area contributed by atoms with Gasteiger partial charge < -0.3 is 15.0 Å². The van der Waals surface area contributed by atoms with Gasteiger partial charge in [0.25, 0.3) is 0 Å². The number of rotatable bonds is 4. The largest absolute Gasteiger partial charge is 0.444 e. The van der Waals surface area contributed by atoms with Gasteiger partial charge in [-0.3, -0.25) is 0 Å². The molecule has 1 saturated heterocycles. The number of hydrogen-bond acceptors (Lipinski definition) is 3. The maximum atomic E-state index is 12.0. The van der Waals surface area contributed by atoms with Crippen molar-refractivity contribution in [3.8, 4) is 0 Å². The first-order valence-corrected chi connectivity index (χ1v) is 6.95. The molecule has 0 spiro atoms. The van der Waals surface area contributed by atoms with Crippen LogP contribution in [0.3, 0.4) is 0 Å². The van der Waals surface area contributed by atoms with Gasteiger partial charge in [0, 0.05) is 19.1 Å². The van der Waals surface area contributed by atoms with Gasteiger partial charge in [0.1, 0.15) is 5.60 Å². The van der Waals surface area contributed by atoms with Crippen molar-refractivity contribution in [2.24, 2.45) is 5.92 Å². The quantitative estimate of drug-likeness (QED) is 0.803. The first kappa shape index (κ1) is 16.3. The molecule has 0 saturated carbocycles. The minimum Gasteiger partial charge on any atom is -0.444 e. The van der Waals surface area contributed by atoms with Gasteiger partial charge in [-0.25, -0.2) is 4.79 Å². The Labute approximate surface area is 122 Å². The molecule has 1 heterocycles. The Kier molecular flexibility index (Phi) is 5.43. The second kappa shape index (κ2) is 6.64. The lowest BCUT2D eigenvalue weighted by atomic mass is 10.1. The van der Waals surface area contributed by atoms with Crippen LogP contribution in [0.1, 0.15) is 27.7 Å². The summed E-state index contributed by atoms with van der Waals surface area (Å²) >= 11 is 0. The molecule has 0 aromatic heterocycles. The van der Waals surface area contributed by atoms with Crippen molar-refractivity contribution >= 4 is 6.09 Å². The summed E-state index contributed by atoms with van der Waals surface area (Å²) in [7, 11) is 0. The molecule has 1 amide bonds. The van der Waals surface area contributed by atoms with Gasteiger partial charge in [0.15, 0.2) is 0 Å². The van der Waals surface area contributed by atoms with E-state index >= 15 is 0 Å². The summed E-state index contributed by atoms with van der Waals surface area (Å²) in [6, 6.07) is 0.233. The van der Waals surface area contributed by atoms with Crippen LogP contribution in [0, 0.1) is 5.92 Å². The fourth-order valence-corrected chi connectivity index (χ4v) is 2.01. The molecule has 2 atom stereocenters. The number of carbonyl (C=O) groups is 1. The third-order valence-corrected chi connectivity index (χ3v) is 3.13. The Morgan fingerprint density at radius 3 is 2.60 bits per heavy atom. The predicted octanol–water partition coefficient (Wildman–Crippen LogP) is 3.09. The van der Waals surface area contributed by atoms with Crippen LogP contribution in [-0.2, 0) is 4.74 Å². The van der Waals surface area contributed by atoms with Crippen molar-refractivity contribution in [1.29, 1.82) is 0 Å². The van der Waals surface area contributed by atoms with Crippen LogP contribution in [0.2, 0.25) is 0 Å². The molecule has 1 N–H and O–H groups in total. The summed E-state index contributed by atoms with van der Waals surface area (Å²) in [6.07, 6.45) is 5.19. The van der Waals surface area contributed by atoms with Crippen LogP contribution < -0.4 is 5.32 Å². The number of likely N-dealkylation sites (tertiary alicyclic amines) is 1. The van der Waals surface area contributed by atoms with Gasteiger partial charge in [0.05, 0.1) is 0 Å². The van der Waals surface area contributed by atoms with E-state index in [1.54, 1.807) is 11.0 Å². The number of hydrogen-bond donors (Lipinski definition) is 1. The van der Waals surface area contributed by atoms with Crippen LogP contribution in [0.5, 0.6) is 0 Å². The number of allylic oxidation sites excluding steroid dienone is 3. The van der Waals surface area contributed by atoms with E-state index in [1.807, 2.05) is 33.0 Å². The van der Waals surface area contributed by atoms with Crippen LogP contribution in [0.15, 0.2) is 37.1 Å². The molecule has 0 bridgehead atoms. The van der Waals surface area contributed by atoms with E-state index in [0.717, 1.165) is 5.57 Å². The zero-order valence-corrected chi connectivity index (χ0v) is 13.0. The highest BCUT2D eigenvalue weighted by molar-refractivity contribution is 5.68. The van der Waals surface area contributed by atoms with Crippen LogP contribution in [-0.4, -0.2) is 35.7 Å². The molecule has 0 radical (unpaired) electrons. The first-order chi connectivity index (χ1) is 9.23. The summed E-state index contributed by atoms with van der Waals surface area (Å²) < 4.78 is 5.39. The Morgan fingerprint density at radius 1 is 1.40 bits per heavy atom. The number of nitrogens with one attached hydrogen (secondary N) is 1. The zero-order valence-electron chi connectivity index (χ0n) is 13.0. The summed E-state index contributed by atoms with van der Waals surface area (Å²) in [4.78, 5) is 13.8. The second-order valence-corrected chi connectivity index (χ2v) is 6.25. The zero-order chi connectivity index (χ0) is 15.3. The number of nitrogens with zero attached hydrogens (tertiary/aromatic N) is 1. The molecule has 1 aliphatic rings. The SMILES string of the molecule is C=CC(=C)/C=C\N[C@H]1CN(C(=O)OC(C)(C)C)C[C@H]1C. The average molecular weight is 278 g/mol. The van der Waals surface area contributed by atoms with Gasteiger partial charge in [-0.1, -0.05) is 26.2 Å². The van der Waals surface area contributed by atoms with Gasteiger partial charge in [-0.2, -0.15) is 0 Å². The summed E-state index contributed by atoms with van der Waals surface area (Å²) in [5, 5.41) is 3.31. The number of amides is 1. The predicted molar refractivity (Wildman–Crippen MR) is 82.4 cm³/mol.